The summed E-state index contributed by atoms with van der Waals surface area (Å²) in [7, 11) is 1.13. The van der Waals surface area contributed by atoms with E-state index in [9.17, 15) is 22.4 Å². The number of rotatable bonds is 3. The van der Waals surface area contributed by atoms with Crippen LogP contribution in [0.25, 0.3) is 33.3 Å². The predicted octanol–water partition coefficient (Wildman–Crippen LogP) is 5.55. The fraction of sp³-hybridized carbons (Fsp3) is 0.0909. The van der Waals surface area contributed by atoms with Crippen LogP contribution in [0.3, 0.4) is 0 Å². The summed E-state index contributed by atoms with van der Waals surface area (Å²) in [4.78, 5) is 19.2. The summed E-state index contributed by atoms with van der Waals surface area (Å²) < 4.78 is 64.3. The maximum absolute atomic E-state index is 15.0. The number of benzene rings is 3. The number of hydrogen-bond acceptors (Lipinski definition) is 3. The van der Waals surface area contributed by atoms with Crippen LogP contribution in [0.4, 0.5) is 17.6 Å². The van der Waals surface area contributed by atoms with Gasteiger partial charge in [-0.2, -0.15) is 0 Å². The molecule has 0 amide bonds. The van der Waals surface area contributed by atoms with Gasteiger partial charge in [0, 0.05) is 0 Å². The number of carbonyl (C=O) groups is 1. The van der Waals surface area contributed by atoms with E-state index in [1.54, 1.807) is 13.0 Å². The molecule has 8 heteroatoms. The number of esters is 1. The van der Waals surface area contributed by atoms with E-state index in [0.29, 0.717) is 5.82 Å². The molecule has 0 atom stereocenters. The number of carbonyl (C=O) groups excluding carboxylic acids is 1. The zero-order valence-electron chi connectivity index (χ0n) is 15.8. The summed E-state index contributed by atoms with van der Waals surface area (Å²) in [5, 5.41) is 0. The first kappa shape index (κ1) is 19.6. The highest BCUT2D eigenvalue weighted by atomic mass is 19.2. The van der Waals surface area contributed by atoms with Crippen molar-refractivity contribution in [3.63, 3.8) is 0 Å². The molecule has 4 aromatic rings. The molecule has 4 nitrogen and oxygen atoms in total. The third-order valence-corrected chi connectivity index (χ3v) is 4.72. The van der Waals surface area contributed by atoms with Crippen LogP contribution in [0.1, 0.15) is 16.2 Å². The number of nitrogens with zero attached hydrogens (tertiary/aromatic N) is 1. The molecular formula is C22H14F4N2O2. The van der Waals surface area contributed by atoms with Gasteiger partial charge in [-0.3, -0.25) is 0 Å². The number of aryl methyl sites for hydroxylation is 1. The van der Waals surface area contributed by atoms with Crippen molar-refractivity contribution in [3.8, 4) is 22.3 Å². The SMILES string of the molecule is COC(=O)c1cc(-c2c(F)c(F)c(-c3ccccc3)c(F)c2F)cc2[nH]c(C)nc12. The lowest BCUT2D eigenvalue weighted by Crippen LogP contribution is -2.06. The number of fused-ring (bicyclic) bond motifs is 1. The minimum atomic E-state index is -1.57. The van der Waals surface area contributed by atoms with Gasteiger partial charge in [-0.1, -0.05) is 30.3 Å². The van der Waals surface area contributed by atoms with Crippen molar-refractivity contribution >= 4 is 17.0 Å². The Kier molecular flexibility index (Phi) is 4.77. The Morgan fingerprint density at radius 1 is 0.900 bits per heavy atom. The van der Waals surface area contributed by atoms with Gasteiger partial charge in [-0.25, -0.2) is 27.3 Å². The normalized spacial score (nSPS) is 11.1. The summed E-state index contributed by atoms with van der Waals surface area (Å²) in [6, 6.07) is 9.64. The monoisotopic (exact) mass is 414 g/mol. The summed E-state index contributed by atoms with van der Waals surface area (Å²) in [6.07, 6.45) is 0. The number of halogens is 4. The molecule has 0 unspecified atom stereocenters. The zero-order chi connectivity index (χ0) is 21.6. The van der Waals surface area contributed by atoms with Gasteiger partial charge >= 0.3 is 5.97 Å². The van der Waals surface area contributed by atoms with Gasteiger partial charge in [0.2, 0.25) is 0 Å². The van der Waals surface area contributed by atoms with Crippen LogP contribution in [-0.4, -0.2) is 23.0 Å². The number of hydrogen-bond donors (Lipinski definition) is 1. The van der Waals surface area contributed by atoms with Gasteiger partial charge in [0.1, 0.15) is 11.3 Å². The highest BCUT2D eigenvalue weighted by Gasteiger charge is 2.28. The lowest BCUT2D eigenvalue weighted by Gasteiger charge is -2.13. The minimum absolute atomic E-state index is 0.00764. The second kappa shape index (κ2) is 7.29. The maximum atomic E-state index is 15.0. The molecule has 0 bridgehead atoms. The van der Waals surface area contributed by atoms with Crippen molar-refractivity contribution in [3.05, 3.63) is 77.1 Å². The van der Waals surface area contributed by atoms with Crippen molar-refractivity contribution in [1.82, 2.24) is 9.97 Å². The van der Waals surface area contributed by atoms with Gasteiger partial charge in [-0.15, -0.1) is 0 Å². The van der Waals surface area contributed by atoms with Crippen molar-refractivity contribution in [2.24, 2.45) is 0 Å². The second-order valence-electron chi connectivity index (χ2n) is 6.61. The van der Waals surface area contributed by atoms with Crippen LogP contribution in [0.2, 0.25) is 0 Å². The number of methoxy groups -OCH3 is 1. The van der Waals surface area contributed by atoms with Crippen molar-refractivity contribution in [1.29, 1.82) is 0 Å². The lowest BCUT2D eigenvalue weighted by atomic mass is 9.96. The molecule has 152 valence electrons. The molecule has 1 heterocycles. The third-order valence-electron chi connectivity index (χ3n) is 4.72. The molecule has 30 heavy (non-hydrogen) atoms. The Hall–Kier alpha value is -3.68. The standard InChI is InChI=1S/C22H14F4N2O2/c1-10-27-14-9-12(8-13(21(14)28-10)22(29)30-2)16-19(25)17(23)15(18(24)20(16)26)11-6-4-3-5-7-11/h3-9H,1-2H3,(H,27,28). The van der Waals surface area contributed by atoms with E-state index in [1.807, 2.05) is 0 Å². The Morgan fingerprint density at radius 3 is 2.03 bits per heavy atom. The first-order chi connectivity index (χ1) is 14.3. The summed E-state index contributed by atoms with van der Waals surface area (Å²) in [6.45, 7) is 1.62. The first-order valence-electron chi connectivity index (χ1n) is 8.84. The number of imidazole rings is 1. The zero-order valence-corrected chi connectivity index (χ0v) is 15.8. The number of aromatic amines is 1. The van der Waals surface area contributed by atoms with Gasteiger partial charge < -0.3 is 9.72 Å². The van der Waals surface area contributed by atoms with Crippen LogP contribution >= 0.6 is 0 Å². The lowest BCUT2D eigenvalue weighted by molar-refractivity contribution is 0.0603. The molecule has 0 aliphatic heterocycles. The topological polar surface area (TPSA) is 55.0 Å². The number of nitrogens with one attached hydrogen (secondary N) is 1. The Bertz CT molecular complexity index is 1270. The second-order valence-corrected chi connectivity index (χ2v) is 6.61. The highest BCUT2D eigenvalue weighted by Crippen LogP contribution is 2.38. The number of H-pyrrole nitrogens is 1. The number of aromatic nitrogens is 2. The van der Waals surface area contributed by atoms with E-state index in [2.05, 4.69) is 9.97 Å². The fourth-order valence-electron chi connectivity index (χ4n) is 3.39. The largest absolute Gasteiger partial charge is 0.465 e. The van der Waals surface area contributed by atoms with Gasteiger partial charge in [0.25, 0.3) is 0 Å². The molecule has 0 radical (unpaired) electrons. The van der Waals surface area contributed by atoms with E-state index < -0.39 is 40.4 Å². The molecular weight excluding hydrogens is 400 g/mol. The van der Waals surface area contributed by atoms with E-state index in [4.69, 9.17) is 4.74 Å². The van der Waals surface area contributed by atoms with Gasteiger partial charge in [-0.05, 0) is 30.2 Å². The molecule has 0 saturated heterocycles. The Balaban J connectivity index is 2.02. The number of ether oxygens (including phenoxy) is 1. The van der Waals surface area contributed by atoms with Crippen LogP contribution in [0, 0.1) is 30.2 Å². The average Bonchev–Trinajstić information content (AvgIpc) is 3.12. The van der Waals surface area contributed by atoms with E-state index >= 15 is 0 Å². The van der Waals surface area contributed by atoms with Crippen LogP contribution < -0.4 is 0 Å². The highest BCUT2D eigenvalue weighted by molar-refractivity contribution is 6.04. The van der Waals surface area contributed by atoms with Crippen molar-refractivity contribution in [2.75, 3.05) is 7.11 Å². The summed E-state index contributed by atoms with van der Waals surface area (Å²) in [5.41, 5.74) is -1.60. The van der Waals surface area contributed by atoms with Crippen molar-refractivity contribution in [2.45, 2.75) is 6.92 Å². The Morgan fingerprint density at radius 2 is 1.47 bits per heavy atom. The Labute approximate surface area is 168 Å². The molecule has 0 aliphatic carbocycles. The molecule has 3 aromatic carbocycles. The molecule has 4 rings (SSSR count). The minimum Gasteiger partial charge on any atom is -0.465 e. The maximum Gasteiger partial charge on any atom is 0.340 e. The summed E-state index contributed by atoms with van der Waals surface area (Å²) >= 11 is 0. The molecule has 0 fully saturated rings. The van der Waals surface area contributed by atoms with Gasteiger partial charge in [0.05, 0.1) is 29.3 Å². The quantitative estimate of drug-likeness (QED) is 0.272. The van der Waals surface area contributed by atoms with Crippen LogP contribution in [-0.2, 0) is 4.74 Å². The van der Waals surface area contributed by atoms with Gasteiger partial charge in [0.15, 0.2) is 23.3 Å². The third kappa shape index (κ3) is 3.01. The fourth-order valence-corrected chi connectivity index (χ4v) is 3.39. The van der Waals surface area contributed by atoms with Crippen LogP contribution in [0.15, 0.2) is 42.5 Å². The smallest absolute Gasteiger partial charge is 0.340 e. The predicted molar refractivity (Wildman–Crippen MR) is 103 cm³/mol. The molecule has 0 saturated carbocycles. The first-order valence-corrected chi connectivity index (χ1v) is 8.84. The summed E-state index contributed by atoms with van der Waals surface area (Å²) in [5.74, 6) is -6.58. The molecule has 0 spiro atoms. The van der Waals surface area contributed by atoms with E-state index in [-0.39, 0.29) is 27.7 Å². The van der Waals surface area contributed by atoms with E-state index in [1.165, 1.54) is 30.3 Å². The average molecular weight is 414 g/mol. The van der Waals surface area contributed by atoms with Crippen molar-refractivity contribution < 1.29 is 27.1 Å². The molecule has 1 aromatic heterocycles. The van der Waals surface area contributed by atoms with E-state index in [0.717, 1.165) is 13.2 Å². The molecule has 0 aliphatic rings. The van der Waals surface area contributed by atoms with Crippen LogP contribution in [0.5, 0.6) is 0 Å². The molecule has 1 N–H and O–H groups in total.